The van der Waals surface area contributed by atoms with Crippen LogP contribution >= 0.6 is 0 Å². The van der Waals surface area contributed by atoms with Gasteiger partial charge in [0, 0.05) is 37.0 Å². The van der Waals surface area contributed by atoms with Gasteiger partial charge in [-0.25, -0.2) is 4.99 Å². The van der Waals surface area contributed by atoms with E-state index in [-0.39, 0.29) is 6.10 Å². The van der Waals surface area contributed by atoms with Crippen LogP contribution in [0.4, 0.5) is 5.69 Å². The zero-order valence-corrected chi connectivity index (χ0v) is 29.4. The number of allylic oxidation sites excluding steroid dienone is 1. The van der Waals surface area contributed by atoms with E-state index in [2.05, 4.69) is 53.7 Å². The van der Waals surface area contributed by atoms with Gasteiger partial charge in [0.2, 0.25) is 0 Å². The first kappa shape index (κ1) is 37.4. The number of anilines is 1. The summed E-state index contributed by atoms with van der Waals surface area (Å²) in [5.41, 5.74) is 13.8. The quantitative estimate of drug-likeness (QED) is 0.199. The van der Waals surface area contributed by atoms with Crippen molar-refractivity contribution >= 4 is 23.8 Å². The van der Waals surface area contributed by atoms with Crippen molar-refractivity contribution in [1.82, 2.24) is 14.7 Å². The molecule has 0 amide bonds. The van der Waals surface area contributed by atoms with Crippen LogP contribution < -0.4 is 26.3 Å². The number of nitrogens with one attached hydrogen (secondary N) is 1. The van der Waals surface area contributed by atoms with E-state index in [0.29, 0.717) is 79.1 Å². The van der Waals surface area contributed by atoms with E-state index in [0.717, 1.165) is 37.2 Å². The number of ether oxygens (including phenoxy) is 4. The third-order valence-corrected chi connectivity index (χ3v) is 8.46. The molecule has 0 spiro atoms. The number of hydrogen-bond acceptors (Lipinski definition) is 11. The molecule has 5 N–H and O–H groups in total. The lowest BCUT2D eigenvalue weighted by Crippen LogP contribution is -2.42. The minimum Gasteiger partial charge on any atom is -0.487 e. The first-order valence-corrected chi connectivity index (χ1v) is 17.2. The van der Waals surface area contributed by atoms with Crippen LogP contribution in [0.2, 0.25) is 0 Å². The second kappa shape index (κ2) is 19.0. The molecule has 3 aliphatic rings. The molecule has 2 unspecified atom stereocenters. The van der Waals surface area contributed by atoms with Crippen molar-refractivity contribution in [3.8, 4) is 17.7 Å². The summed E-state index contributed by atoms with van der Waals surface area (Å²) in [4.78, 5) is 10.8. The van der Waals surface area contributed by atoms with Gasteiger partial charge < -0.3 is 40.6 Å². The van der Waals surface area contributed by atoms with E-state index in [1.165, 1.54) is 31.8 Å². The highest BCUT2D eigenvalue weighted by atomic mass is 16.5. The summed E-state index contributed by atoms with van der Waals surface area (Å²) >= 11 is 0. The molecule has 49 heavy (non-hydrogen) atoms. The number of likely N-dealkylation sites (N-methyl/N-ethyl adjacent to an activating group) is 1. The first-order chi connectivity index (χ1) is 23.7. The maximum atomic E-state index is 9.52. The Kier molecular flexibility index (Phi) is 14.5. The topological polar surface area (TPSA) is 171 Å². The van der Waals surface area contributed by atoms with Crippen LogP contribution in [0.3, 0.4) is 0 Å². The fourth-order valence-electron chi connectivity index (χ4n) is 6.02. The minimum absolute atomic E-state index is 0.271. The Morgan fingerprint density at radius 3 is 2.55 bits per heavy atom. The normalized spacial score (nSPS) is 21.4. The van der Waals surface area contributed by atoms with E-state index in [1.54, 1.807) is 24.4 Å². The van der Waals surface area contributed by atoms with Crippen LogP contribution in [-0.2, 0) is 9.47 Å². The molecule has 5 rings (SSSR count). The maximum absolute atomic E-state index is 9.52. The molecule has 1 aliphatic carbocycles. The van der Waals surface area contributed by atoms with Crippen molar-refractivity contribution in [2.75, 3.05) is 51.8 Å². The van der Waals surface area contributed by atoms with Gasteiger partial charge in [0.25, 0.3) is 5.88 Å². The second-order valence-electron chi connectivity index (χ2n) is 13.0. The second-order valence-corrected chi connectivity index (χ2v) is 13.0. The Hall–Kier alpha value is -4.38. The molecule has 1 saturated carbocycles. The summed E-state index contributed by atoms with van der Waals surface area (Å²) in [5.74, 6) is 1.74. The van der Waals surface area contributed by atoms with Gasteiger partial charge >= 0.3 is 0 Å². The van der Waals surface area contributed by atoms with Crippen LogP contribution in [0.15, 0.2) is 53.0 Å². The van der Waals surface area contributed by atoms with Crippen LogP contribution in [0, 0.1) is 17.2 Å². The summed E-state index contributed by atoms with van der Waals surface area (Å²) < 4.78 is 24.8. The van der Waals surface area contributed by atoms with Gasteiger partial charge in [0.05, 0.1) is 62.7 Å². The number of morpholine rings is 1. The van der Waals surface area contributed by atoms with Crippen molar-refractivity contribution in [2.45, 2.75) is 77.2 Å². The predicted octanol–water partition coefficient (Wildman–Crippen LogP) is 4.72. The zero-order chi connectivity index (χ0) is 35.2. The third kappa shape index (κ3) is 11.6. The molecule has 266 valence electrons. The van der Waals surface area contributed by atoms with Crippen molar-refractivity contribution < 1.29 is 18.9 Å². The SMILES string of the molecule is C=C(/N=C\C(=C/N)c1ccc(C#N)c(O[C@@H](C)CN=CN)c1)Nc1cn(C2CCCCC2)nc1OCC1COC1.CC1CN(C)CC(C)O1. The summed E-state index contributed by atoms with van der Waals surface area (Å²) in [6, 6.07) is 7.74. The predicted molar refractivity (Wildman–Crippen MR) is 194 cm³/mol. The molecule has 3 fully saturated rings. The highest BCUT2D eigenvalue weighted by Crippen LogP contribution is 2.33. The van der Waals surface area contributed by atoms with Crippen molar-refractivity contribution in [3.05, 3.63) is 54.1 Å². The number of aliphatic imine (C=N–C) groups is 2. The monoisotopic (exact) mass is 675 g/mol. The Bertz CT molecular complexity index is 1460. The largest absolute Gasteiger partial charge is 0.487 e. The number of aromatic nitrogens is 2. The lowest BCUT2D eigenvalue weighted by Gasteiger charge is -2.32. The molecule has 3 atom stereocenters. The van der Waals surface area contributed by atoms with Gasteiger partial charge in [-0.3, -0.25) is 9.67 Å². The molecule has 1 aromatic heterocycles. The van der Waals surface area contributed by atoms with Gasteiger partial charge in [-0.2, -0.15) is 5.26 Å². The molecule has 13 nitrogen and oxygen atoms in total. The number of benzene rings is 1. The molecule has 0 bridgehead atoms. The molecule has 2 aliphatic heterocycles. The average molecular weight is 676 g/mol. The van der Waals surface area contributed by atoms with Gasteiger partial charge in [0.1, 0.15) is 29.4 Å². The lowest BCUT2D eigenvalue weighted by molar-refractivity contribution is -0.0602. The minimum atomic E-state index is -0.271. The van der Waals surface area contributed by atoms with Crippen LogP contribution in [-0.4, -0.2) is 92.0 Å². The zero-order valence-electron chi connectivity index (χ0n) is 29.4. The molecular formula is C36H53N9O4. The fraction of sp³-hybridized carbons (Fsp3) is 0.556. The summed E-state index contributed by atoms with van der Waals surface area (Å²) in [6.45, 7) is 14.6. The third-order valence-electron chi connectivity index (χ3n) is 8.46. The van der Waals surface area contributed by atoms with E-state index >= 15 is 0 Å². The maximum Gasteiger partial charge on any atom is 0.256 e. The highest BCUT2D eigenvalue weighted by Gasteiger charge is 2.23. The van der Waals surface area contributed by atoms with Gasteiger partial charge in [-0.15, -0.1) is 5.10 Å². The molecule has 13 heteroatoms. The standard InChI is InChI=1S/C29H38N8O3.C7H15NO/c1-20(13-33-19-32)40-28-10-23(8-9-24(28)11-30)25(12-31)14-34-21(2)35-27-15-37(26-6-4-3-5-7-26)36-29(27)39-18-22-16-38-17-22;1-6-4-8(3)5-7(2)9-6/h8-10,12,14-15,19-20,22,26,35H,2-7,13,16-18,31H2,1H3,(H2,32,33);6-7H,4-5H2,1-3H3/b25-12+,34-14-;/t20-;/m0./s1. The smallest absolute Gasteiger partial charge is 0.256 e. The Balaban J connectivity index is 0.000000520. The van der Waals surface area contributed by atoms with Crippen molar-refractivity contribution in [2.24, 2.45) is 27.4 Å². The van der Waals surface area contributed by atoms with E-state index in [1.807, 2.05) is 17.8 Å². The first-order valence-electron chi connectivity index (χ1n) is 17.2. The number of nitrogens with two attached hydrogens (primary N) is 2. The van der Waals surface area contributed by atoms with E-state index < -0.39 is 0 Å². The van der Waals surface area contributed by atoms with E-state index in [9.17, 15) is 5.26 Å². The molecule has 0 radical (unpaired) electrons. The van der Waals surface area contributed by atoms with Gasteiger partial charge in [0.15, 0.2) is 0 Å². The molecule has 2 aromatic rings. The average Bonchev–Trinajstić information content (AvgIpc) is 3.45. The fourth-order valence-corrected chi connectivity index (χ4v) is 6.02. The highest BCUT2D eigenvalue weighted by molar-refractivity contribution is 6.10. The van der Waals surface area contributed by atoms with Crippen LogP contribution in [0.5, 0.6) is 11.6 Å². The molecule has 1 aromatic carbocycles. The van der Waals surface area contributed by atoms with Gasteiger partial charge in [-0.1, -0.05) is 31.9 Å². The van der Waals surface area contributed by atoms with Crippen LogP contribution in [0.1, 0.15) is 70.0 Å². The van der Waals surface area contributed by atoms with E-state index in [4.69, 9.17) is 35.5 Å². The van der Waals surface area contributed by atoms with Crippen molar-refractivity contribution in [3.63, 3.8) is 0 Å². The Labute approximate surface area is 290 Å². The van der Waals surface area contributed by atoms with Crippen LogP contribution in [0.25, 0.3) is 5.57 Å². The summed E-state index contributed by atoms with van der Waals surface area (Å²) in [5, 5.41) is 17.5. The summed E-state index contributed by atoms with van der Waals surface area (Å²) in [6.07, 6.45) is 12.7. The number of nitrogens with zero attached hydrogens (tertiary/aromatic N) is 6. The lowest BCUT2D eigenvalue weighted by atomic mass is 9.96. The van der Waals surface area contributed by atoms with Gasteiger partial charge in [-0.05, 0) is 58.4 Å². The molecular weight excluding hydrogens is 622 g/mol. The molecule has 3 heterocycles. The summed E-state index contributed by atoms with van der Waals surface area (Å²) in [7, 11) is 2.13. The molecule has 2 saturated heterocycles. The number of nitriles is 1. The Morgan fingerprint density at radius 1 is 1.20 bits per heavy atom. The van der Waals surface area contributed by atoms with Crippen molar-refractivity contribution in [1.29, 1.82) is 5.26 Å². The Morgan fingerprint density at radius 2 is 1.94 bits per heavy atom. The number of hydrogen-bond donors (Lipinski definition) is 3. The number of rotatable bonds is 13.